The number of hydrogen-bond donors (Lipinski definition) is 0. The second-order valence-corrected chi connectivity index (χ2v) is 4.82. The van der Waals surface area contributed by atoms with E-state index in [1.165, 1.54) is 39.0 Å². The van der Waals surface area contributed by atoms with Crippen LogP contribution in [0.15, 0.2) is 0 Å². The highest BCUT2D eigenvalue weighted by Gasteiger charge is 2.19. The van der Waals surface area contributed by atoms with E-state index in [1.54, 1.807) is 0 Å². The summed E-state index contributed by atoms with van der Waals surface area (Å²) in [4.78, 5) is 5.00. The quantitative estimate of drug-likeness (QED) is 0.657. The highest BCUT2D eigenvalue weighted by atomic mass is 15.1. The minimum atomic E-state index is 0.915. The third-order valence-corrected chi connectivity index (χ3v) is 3.55. The lowest BCUT2D eigenvalue weighted by molar-refractivity contribution is 0.159. The summed E-state index contributed by atoms with van der Waals surface area (Å²) in [5.74, 6) is 7.03. The van der Waals surface area contributed by atoms with E-state index in [0.717, 1.165) is 18.9 Å². The maximum atomic E-state index is 3.15. The van der Waals surface area contributed by atoms with Crippen molar-refractivity contribution in [2.75, 3.05) is 39.8 Å². The Morgan fingerprint density at radius 1 is 1.31 bits per heavy atom. The van der Waals surface area contributed by atoms with Gasteiger partial charge in [0.25, 0.3) is 0 Å². The van der Waals surface area contributed by atoms with Gasteiger partial charge in [-0.15, -0.1) is 11.8 Å². The summed E-state index contributed by atoms with van der Waals surface area (Å²) in [5, 5.41) is 0. The Hall–Kier alpha value is -0.520. The molecule has 0 aromatic heterocycles. The van der Waals surface area contributed by atoms with Crippen molar-refractivity contribution in [3.8, 4) is 11.8 Å². The van der Waals surface area contributed by atoms with Gasteiger partial charge < -0.3 is 9.80 Å². The molecule has 1 fully saturated rings. The molecular formula is C14H26N2. The average molecular weight is 222 g/mol. The van der Waals surface area contributed by atoms with Gasteiger partial charge in [-0.25, -0.2) is 0 Å². The van der Waals surface area contributed by atoms with Crippen LogP contribution in [-0.4, -0.2) is 49.6 Å². The Morgan fingerprint density at radius 2 is 2.00 bits per heavy atom. The molecule has 0 radical (unpaired) electrons. The van der Waals surface area contributed by atoms with Crippen molar-refractivity contribution in [2.45, 2.75) is 33.1 Å². The predicted octanol–water partition coefficient (Wildman–Crippen LogP) is 2.06. The lowest BCUT2D eigenvalue weighted by Crippen LogP contribution is -2.38. The van der Waals surface area contributed by atoms with Gasteiger partial charge in [0.2, 0.25) is 0 Å². The van der Waals surface area contributed by atoms with Crippen molar-refractivity contribution in [3.05, 3.63) is 0 Å². The predicted molar refractivity (Wildman–Crippen MR) is 70.4 cm³/mol. The fraction of sp³-hybridized carbons (Fsp3) is 0.857. The molecular weight excluding hydrogens is 196 g/mol. The first-order valence-corrected chi connectivity index (χ1v) is 6.56. The third kappa shape index (κ3) is 5.01. The molecule has 0 unspecified atom stereocenters. The van der Waals surface area contributed by atoms with Gasteiger partial charge in [0.1, 0.15) is 0 Å². The highest BCUT2D eigenvalue weighted by Crippen LogP contribution is 2.17. The average Bonchev–Trinajstić information content (AvgIpc) is 2.31. The number of nitrogens with zero attached hydrogens (tertiary/aromatic N) is 2. The van der Waals surface area contributed by atoms with Crippen LogP contribution in [0.4, 0.5) is 0 Å². The van der Waals surface area contributed by atoms with Gasteiger partial charge in [0, 0.05) is 19.5 Å². The largest absolute Gasteiger partial charge is 0.306 e. The molecule has 0 atom stereocenters. The summed E-state index contributed by atoms with van der Waals surface area (Å²) in [6.07, 6.45) is 3.77. The standard InChI is InChI=1S/C14H26N2/c1-4-6-7-10-16-11-8-14(9-12-16)13-15(3)5-2/h14H,5,7-13H2,1-3H3. The Labute approximate surface area is 101 Å². The zero-order valence-electron chi connectivity index (χ0n) is 11.1. The van der Waals surface area contributed by atoms with E-state index in [9.17, 15) is 0 Å². The molecule has 1 saturated heterocycles. The van der Waals surface area contributed by atoms with Crippen molar-refractivity contribution in [2.24, 2.45) is 5.92 Å². The summed E-state index contributed by atoms with van der Waals surface area (Å²) in [6.45, 7) is 10.3. The van der Waals surface area contributed by atoms with Gasteiger partial charge in [-0.05, 0) is 52.4 Å². The van der Waals surface area contributed by atoms with Gasteiger partial charge >= 0.3 is 0 Å². The fourth-order valence-electron chi connectivity index (χ4n) is 2.30. The summed E-state index contributed by atoms with van der Waals surface area (Å²) in [6, 6.07) is 0. The Kier molecular flexibility index (Phi) is 6.52. The van der Waals surface area contributed by atoms with Gasteiger partial charge in [0.05, 0.1) is 0 Å². The first-order chi connectivity index (χ1) is 7.76. The molecule has 0 aromatic carbocycles. The number of likely N-dealkylation sites (tertiary alicyclic amines) is 1. The molecule has 16 heavy (non-hydrogen) atoms. The van der Waals surface area contributed by atoms with E-state index in [-0.39, 0.29) is 0 Å². The van der Waals surface area contributed by atoms with Gasteiger partial charge in [-0.2, -0.15) is 0 Å². The Bertz CT molecular complexity index is 231. The molecule has 0 bridgehead atoms. The molecule has 1 aliphatic heterocycles. The van der Waals surface area contributed by atoms with E-state index in [1.807, 2.05) is 6.92 Å². The van der Waals surface area contributed by atoms with E-state index in [2.05, 4.69) is 35.6 Å². The van der Waals surface area contributed by atoms with Crippen molar-refractivity contribution in [1.82, 2.24) is 9.80 Å². The van der Waals surface area contributed by atoms with E-state index in [0.29, 0.717) is 0 Å². The molecule has 2 heteroatoms. The molecule has 2 nitrogen and oxygen atoms in total. The van der Waals surface area contributed by atoms with Crippen LogP contribution in [0.2, 0.25) is 0 Å². The molecule has 0 aromatic rings. The van der Waals surface area contributed by atoms with E-state index in [4.69, 9.17) is 0 Å². The van der Waals surface area contributed by atoms with Crippen LogP contribution in [0.5, 0.6) is 0 Å². The summed E-state index contributed by atoms with van der Waals surface area (Å²) in [5.41, 5.74) is 0. The van der Waals surface area contributed by atoms with Gasteiger partial charge in [-0.3, -0.25) is 0 Å². The molecule has 0 saturated carbocycles. The second kappa shape index (κ2) is 7.70. The summed E-state index contributed by atoms with van der Waals surface area (Å²) in [7, 11) is 2.23. The van der Waals surface area contributed by atoms with Crippen LogP contribution in [-0.2, 0) is 0 Å². The number of hydrogen-bond acceptors (Lipinski definition) is 2. The topological polar surface area (TPSA) is 6.48 Å². The maximum absolute atomic E-state index is 3.15. The first kappa shape index (κ1) is 13.5. The van der Waals surface area contributed by atoms with Crippen LogP contribution >= 0.6 is 0 Å². The van der Waals surface area contributed by atoms with Crippen molar-refractivity contribution in [3.63, 3.8) is 0 Å². The highest BCUT2D eigenvalue weighted by molar-refractivity contribution is 4.95. The van der Waals surface area contributed by atoms with Crippen LogP contribution in [0, 0.1) is 17.8 Å². The minimum absolute atomic E-state index is 0.915. The molecule has 0 amide bonds. The molecule has 0 spiro atoms. The van der Waals surface area contributed by atoms with E-state index >= 15 is 0 Å². The van der Waals surface area contributed by atoms with Gasteiger partial charge in [-0.1, -0.05) is 6.92 Å². The smallest absolute Gasteiger partial charge is 0.0216 e. The van der Waals surface area contributed by atoms with Crippen LogP contribution < -0.4 is 0 Å². The number of rotatable bonds is 5. The lowest BCUT2D eigenvalue weighted by Gasteiger charge is -2.33. The van der Waals surface area contributed by atoms with E-state index < -0.39 is 0 Å². The first-order valence-electron chi connectivity index (χ1n) is 6.56. The summed E-state index contributed by atoms with van der Waals surface area (Å²) >= 11 is 0. The zero-order chi connectivity index (χ0) is 11.8. The van der Waals surface area contributed by atoms with Crippen molar-refractivity contribution >= 4 is 0 Å². The molecule has 1 heterocycles. The summed E-state index contributed by atoms with van der Waals surface area (Å²) < 4.78 is 0. The fourth-order valence-corrected chi connectivity index (χ4v) is 2.30. The van der Waals surface area contributed by atoms with Crippen LogP contribution in [0.1, 0.15) is 33.1 Å². The monoisotopic (exact) mass is 222 g/mol. The Balaban J connectivity index is 2.15. The molecule has 0 aliphatic carbocycles. The number of piperidine rings is 1. The SMILES string of the molecule is CC#CCCN1CCC(CN(C)CC)CC1. The third-order valence-electron chi connectivity index (χ3n) is 3.55. The molecule has 92 valence electrons. The normalized spacial score (nSPS) is 18.5. The van der Waals surface area contributed by atoms with Gasteiger partial charge in [0.15, 0.2) is 0 Å². The molecule has 0 N–H and O–H groups in total. The molecule has 1 aliphatic rings. The molecule has 1 rings (SSSR count). The van der Waals surface area contributed by atoms with Crippen molar-refractivity contribution in [1.29, 1.82) is 0 Å². The second-order valence-electron chi connectivity index (χ2n) is 4.82. The van der Waals surface area contributed by atoms with Crippen LogP contribution in [0.25, 0.3) is 0 Å². The minimum Gasteiger partial charge on any atom is -0.306 e. The lowest BCUT2D eigenvalue weighted by atomic mass is 9.96. The van der Waals surface area contributed by atoms with Crippen molar-refractivity contribution < 1.29 is 0 Å². The Morgan fingerprint density at radius 3 is 2.56 bits per heavy atom. The maximum Gasteiger partial charge on any atom is 0.0216 e. The van der Waals surface area contributed by atoms with Crippen LogP contribution in [0.3, 0.4) is 0 Å². The zero-order valence-corrected chi connectivity index (χ0v) is 11.1.